The van der Waals surface area contributed by atoms with E-state index in [1.54, 1.807) is 12.1 Å². The molecule has 22 heavy (non-hydrogen) atoms. The quantitative estimate of drug-likeness (QED) is 0.864. The lowest BCUT2D eigenvalue weighted by Crippen LogP contribution is -2.64. The molecule has 1 saturated heterocycles. The van der Waals surface area contributed by atoms with Crippen LogP contribution in [0.15, 0.2) is 18.3 Å². The van der Waals surface area contributed by atoms with Crippen LogP contribution in [0.4, 0.5) is 5.82 Å². The van der Waals surface area contributed by atoms with Gasteiger partial charge in [0.1, 0.15) is 5.82 Å². The Kier molecular flexibility index (Phi) is 5.37. The van der Waals surface area contributed by atoms with Gasteiger partial charge in [-0.15, -0.1) is 0 Å². The Hall–Kier alpha value is -1.66. The van der Waals surface area contributed by atoms with Gasteiger partial charge in [0.25, 0.3) is 0 Å². The van der Waals surface area contributed by atoms with Crippen molar-refractivity contribution in [2.45, 2.75) is 32.2 Å². The number of pyridine rings is 1. The second-order valence-electron chi connectivity index (χ2n) is 5.61. The van der Waals surface area contributed by atoms with E-state index < -0.39 is 5.54 Å². The van der Waals surface area contributed by atoms with Crippen molar-refractivity contribution >= 4 is 29.2 Å². The fourth-order valence-corrected chi connectivity index (χ4v) is 2.81. The number of anilines is 1. The van der Waals surface area contributed by atoms with Gasteiger partial charge in [-0.1, -0.05) is 24.9 Å². The largest absolute Gasteiger partial charge is 0.353 e. The molecule has 1 unspecified atom stereocenters. The summed E-state index contributed by atoms with van der Waals surface area (Å²) < 4.78 is 0. The van der Waals surface area contributed by atoms with E-state index in [-0.39, 0.29) is 18.4 Å². The van der Waals surface area contributed by atoms with E-state index >= 15 is 0 Å². The number of nitrogens with zero attached hydrogens (tertiary/aromatic N) is 2. The molecule has 0 spiro atoms. The molecule has 0 saturated carbocycles. The van der Waals surface area contributed by atoms with Crippen molar-refractivity contribution in [2.24, 2.45) is 0 Å². The lowest BCUT2D eigenvalue weighted by molar-refractivity contribution is -0.138. The van der Waals surface area contributed by atoms with Crippen LogP contribution < -0.4 is 10.6 Å². The van der Waals surface area contributed by atoms with Crippen molar-refractivity contribution in [3.05, 3.63) is 23.4 Å². The van der Waals surface area contributed by atoms with E-state index in [1.165, 1.54) is 6.20 Å². The Bertz CT molecular complexity index is 549. The molecule has 7 heteroatoms. The maximum absolute atomic E-state index is 12.2. The molecule has 2 amide bonds. The molecular formula is C15H21ClN4O2. The van der Waals surface area contributed by atoms with Gasteiger partial charge in [-0.2, -0.15) is 0 Å². The number of carbonyl (C=O) groups is 2. The minimum atomic E-state index is -0.641. The monoisotopic (exact) mass is 324 g/mol. The van der Waals surface area contributed by atoms with Gasteiger partial charge in [0, 0.05) is 19.3 Å². The van der Waals surface area contributed by atoms with Gasteiger partial charge in [0.2, 0.25) is 11.8 Å². The second kappa shape index (κ2) is 7.07. The fraction of sp³-hybridized carbons (Fsp3) is 0.533. The fourth-order valence-electron chi connectivity index (χ4n) is 2.70. The van der Waals surface area contributed by atoms with Gasteiger partial charge in [-0.3, -0.25) is 14.5 Å². The zero-order valence-corrected chi connectivity index (χ0v) is 13.6. The van der Waals surface area contributed by atoms with Crippen molar-refractivity contribution in [1.82, 2.24) is 15.2 Å². The van der Waals surface area contributed by atoms with Crippen LogP contribution >= 0.6 is 11.6 Å². The average molecular weight is 325 g/mol. The Labute approximate surface area is 135 Å². The third-order valence-electron chi connectivity index (χ3n) is 3.92. The first kappa shape index (κ1) is 16.7. The number of halogens is 1. The summed E-state index contributed by atoms with van der Waals surface area (Å²) >= 11 is 5.76. The predicted molar refractivity (Wildman–Crippen MR) is 85.8 cm³/mol. The van der Waals surface area contributed by atoms with Crippen LogP contribution in [-0.2, 0) is 9.59 Å². The van der Waals surface area contributed by atoms with E-state index in [0.29, 0.717) is 30.4 Å². The highest BCUT2D eigenvalue weighted by atomic mass is 35.5. The maximum atomic E-state index is 12.2. The minimum absolute atomic E-state index is 0.0157. The molecule has 0 radical (unpaired) electrons. The van der Waals surface area contributed by atoms with E-state index in [4.69, 9.17) is 11.6 Å². The Balaban J connectivity index is 2.02. The molecule has 1 fully saturated rings. The van der Waals surface area contributed by atoms with Gasteiger partial charge in [0.05, 0.1) is 17.1 Å². The van der Waals surface area contributed by atoms with Crippen LogP contribution in [0.25, 0.3) is 0 Å². The summed E-state index contributed by atoms with van der Waals surface area (Å²) in [4.78, 5) is 30.4. The average Bonchev–Trinajstić information content (AvgIpc) is 2.47. The molecule has 0 aliphatic carbocycles. The zero-order valence-electron chi connectivity index (χ0n) is 12.9. The van der Waals surface area contributed by atoms with E-state index in [0.717, 1.165) is 6.42 Å². The van der Waals surface area contributed by atoms with Crippen LogP contribution in [0, 0.1) is 0 Å². The maximum Gasteiger partial charge on any atom is 0.240 e. The predicted octanol–water partition coefficient (Wildman–Crippen LogP) is 1.66. The van der Waals surface area contributed by atoms with Gasteiger partial charge < -0.3 is 10.6 Å². The lowest BCUT2D eigenvalue weighted by atomic mass is 9.90. The normalized spacial score (nSPS) is 22.2. The van der Waals surface area contributed by atoms with E-state index in [9.17, 15) is 9.59 Å². The van der Waals surface area contributed by atoms with Crippen LogP contribution in [0.3, 0.4) is 0 Å². The first-order valence-corrected chi connectivity index (χ1v) is 7.78. The number of nitrogens with one attached hydrogen (secondary N) is 2. The summed E-state index contributed by atoms with van der Waals surface area (Å²) in [7, 11) is 0. The Morgan fingerprint density at radius 2 is 2.32 bits per heavy atom. The SMILES string of the molecule is CCCC1(C)C(=O)NCCN1CC(=O)Nc1ccc(Cl)cn1. The molecule has 2 N–H and O–H groups in total. The summed E-state index contributed by atoms with van der Waals surface area (Å²) in [5, 5.41) is 6.12. The number of carbonyl (C=O) groups excluding carboxylic acids is 2. The molecule has 2 rings (SSSR count). The van der Waals surface area contributed by atoms with Crippen molar-refractivity contribution in [1.29, 1.82) is 0 Å². The standard InChI is InChI=1S/C15H21ClN4O2/c1-3-6-15(2)14(22)17-7-8-20(15)10-13(21)19-12-5-4-11(16)9-18-12/h4-5,9H,3,6-8,10H2,1-2H3,(H,17,22)(H,18,19,21). The number of rotatable bonds is 5. The molecule has 1 aliphatic heterocycles. The number of amides is 2. The van der Waals surface area contributed by atoms with Crippen LogP contribution in [0.2, 0.25) is 5.02 Å². The highest BCUT2D eigenvalue weighted by Gasteiger charge is 2.41. The number of hydrogen-bond acceptors (Lipinski definition) is 4. The molecular weight excluding hydrogens is 304 g/mol. The molecule has 6 nitrogen and oxygen atoms in total. The van der Waals surface area contributed by atoms with E-state index in [1.807, 2.05) is 18.7 Å². The second-order valence-corrected chi connectivity index (χ2v) is 6.05. The zero-order chi connectivity index (χ0) is 16.2. The molecule has 0 aromatic carbocycles. The number of piperazine rings is 1. The summed E-state index contributed by atoms with van der Waals surface area (Å²) in [6.07, 6.45) is 3.07. The van der Waals surface area contributed by atoms with Gasteiger partial charge in [-0.25, -0.2) is 4.98 Å². The van der Waals surface area contributed by atoms with Crippen molar-refractivity contribution < 1.29 is 9.59 Å². The van der Waals surface area contributed by atoms with Gasteiger partial charge in [-0.05, 0) is 25.5 Å². The first-order valence-electron chi connectivity index (χ1n) is 7.40. The van der Waals surface area contributed by atoms with E-state index in [2.05, 4.69) is 15.6 Å². The lowest BCUT2D eigenvalue weighted by Gasteiger charge is -2.43. The molecule has 1 aromatic rings. The van der Waals surface area contributed by atoms with Gasteiger partial charge in [0.15, 0.2) is 0 Å². The van der Waals surface area contributed by atoms with Crippen molar-refractivity contribution in [3.8, 4) is 0 Å². The number of hydrogen-bond donors (Lipinski definition) is 2. The van der Waals surface area contributed by atoms with Crippen molar-refractivity contribution in [2.75, 3.05) is 25.0 Å². The summed E-state index contributed by atoms with van der Waals surface area (Å²) in [5.74, 6) is 0.248. The molecule has 120 valence electrons. The highest BCUT2D eigenvalue weighted by Crippen LogP contribution is 2.24. The summed E-state index contributed by atoms with van der Waals surface area (Å²) in [6.45, 7) is 5.30. The highest BCUT2D eigenvalue weighted by molar-refractivity contribution is 6.30. The molecule has 1 atom stereocenters. The Morgan fingerprint density at radius 1 is 1.55 bits per heavy atom. The van der Waals surface area contributed by atoms with Crippen LogP contribution in [0.1, 0.15) is 26.7 Å². The van der Waals surface area contributed by atoms with Gasteiger partial charge >= 0.3 is 0 Å². The van der Waals surface area contributed by atoms with Crippen LogP contribution in [-0.4, -0.2) is 46.9 Å². The first-order chi connectivity index (χ1) is 10.5. The van der Waals surface area contributed by atoms with Crippen LogP contribution in [0.5, 0.6) is 0 Å². The Morgan fingerprint density at radius 3 is 2.95 bits per heavy atom. The minimum Gasteiger partial charge on any atom is -0.353 e. The summed E-state index contributed by atoms with van der Waals surface area (Å²) in [6, 6.07) is 3.31. The molecule has 1 aliphatic rings. The molecule has 0 bridgehead atoms. The molecule has 1 aromatic heterocycles. The smallest absolute Gasteiger partial charge is 0.240 e. The molecule has 2 heterocycles. The van der Waals surface area contributed by atoms with Crippen molar-refractivity contribution in [3.63, 3.8) is 0 Å². The summed E-state index contributed by atoms with van der Waals surface area (Å²) in [5.41, 5.74) is -0.641. The topological polar surface area (TPSA) is 74.3 Å². The third kappa shape index (κ3) is 3.75. The third-order valence-corrected chi connectivity index (χ3v) is 4.14. The number of aromatic nitrogens is 1.